The van der Waals surface area contributed by atoms with Crippen molar-refractivity contribution in [2.24, 2.45) is 0 Å². The normalized spacial score (nSPS) is 20.6. The van der Waals surface area contributed by atoms with Crippen molar-refractivity contribution in [3.8, 4) is 17.0 Å². The van der Waals surface area contributed by atoms with E-state index in [1.165, 1.54) is 25.5 Å². The minimum atomic E-state index is -1.14. The molecule has 16 nitrogen and oxygen atoms in total. The molecule has 16 heteroatoms. The third-order valence-electron chi connectivity index (χ3n) is 7.13. The van der Waals surface area contributed by atoms with Crippen LogP contribution in [0.15, 0.2) is 30.5 Å². The van der Waals surface area contributed by atoms with Crippen LogP contribution in [0.3, 0.4) is 0 Å². The zero-order chi connectivity index (χ0) is 34.3. The van der Waals surface area contributed by atoms with Gasteiger partial charge in [-0.3, -0.25) is 24.0 Å². The highest BCUT2D eigenvalue weighted by Gasteiger charge is 2.51. The molecule has 2 heterocycles. The Balaban J connectivity index is 1.70. The number of carboxylic acids is 1. The molecule has 1 aliphatic heterocycles. The number of esters is 2. The smallest absolute Gasteiger partial charge is 0.303 e. The van der Waals surface area contributed by atoms with Crippen LogP contribution in [0.4, 0.5) is 0 Å². The van der Waals surface area contributed by atoms with Gasteiger partial charge in [0.1, 0.15) is 23.6 Å². The Bertz CT molecular complexity index is 1370. The van der Waals surface area contributed by atoms with Crippen molar-refractivity contribution in [3.05, 3.63) is 30.5 Å². The summed E-state index contributed by atoms with van der Waals surface area (Å²) in [4.78, 5) is 58.9. The summed E-state index contributed by atoms with van der Waals surface area (Å²) in [6.07, 6.45) is 0.000738. The van der Waals surface area contributed by atoms with E-state index in [0.717, 1.165) is 18.4 Å². The Labute approximate surface area is 272 Å². The van der Waals surface area contributed by atoms with Gasteiger partial charge in [-0.05, 0) is 25.0 Å². The Kier molecular flexibility index (Phi) is 14.6. The lowest BCUT2D eigenvalue weighted by molar-refractivity contribution is -0.274. The van der Waals surface area contributed by atoms with E-state index in [-0.39, 0.29) is 31.9 Å². The third-order valence-corrected chi connectivity index (χ3v) is 7.13. The molecule has 0 aliphatic carbocycles. The first-order chi connectivity index (χ1) is 22.5. The number of carbonyl (C=O) groups is 5. The van der Waals surface area contributed by atoms with Gasteiger partial charge in [-0.25, -0.2) is 4.68 Å². The fourth-order valence-corrected chi connectivity index (χ4v) is 5.05. The minimum absolute atomic E-state index is 0.0392. The number of hydrogen-bond donors (Lipinski definition) is 3. The number of carboxylic acid groups (broad SMARTS) is 1. The minimum Gasteiger partial charge on any atom is -0.497 e. The topological polar surface area (TPSA) is 206 Å². The molecule has 0 saturated carbocycles. The molecular formula is C31H43N5O11. The summed E-state index contributed by atoms with van der Waals surface area (Å²) >= 11 is 0. The average Bonchev–Trinajstić information content (AvgIpc) is 3.48. The molecule has 0 radical (unpaired) electrons. The zero-order valence-corrected chi connectivity index (χ0v) is 27.0. The summed E-state index contributed by atoms with van der Waals surface area (Å²) in [6.45, 7) is 4.42. The number of amides is 2. The highest BCUT2D eigenvalue weighted by molar-refractivity contribution is 5.80. The molecule has 2 amide bonds. The van der Waals surface area contributed by atoms with Gasteiger partial charge >= 0.3 is 17.9 Å². The molecule has 1 aliphatic rings. The van der Waals surface area contributed by atoms with E-state index in [0.29, 0.717) is 30.8 Å². The molecule has 258 valence electrons. The van der Waals surface area contributed by atoms with Gasteiger partial charge in [0.05, 0.1) is 26.3 Å². The second-order valence-electron chi connectivity index (χ2n) is 11.0. The van der Waals surface area contributed by atoms with E-state index >= 15 is 0 Å². The number of carbonyl (C=O) groups excluding carboxylic acids is 4. The lowest BCUT2D eigenvalue weighted by atomic mass is 9.95. The summed E-state index contributed by atoms with van der Waals surface area (Å²) in [5.41, 5.74) is 1.33. The van der Waals surface area contributed by atoms with Gasteiger partial charge in [0.15, 0.2) is 18.5 Å². The van der Waals surface area contributed by atoms with Crippen molar-refractivity contribution >= 4 is 29.7 Å². The number of ether oxygens (including phenoxy) is 5. The SMILES string of the molecule is COc1cccc(-c2cn(CC3OC(OCCCCCCNC(=O)CCC(=O)O)C(NC(C)=O)C(OC(C)=O)C3OC(C)=O)nn2)c1. The van der Waals surface area contributed by atoms with Crippen molar-refractivity contribution in [3.63, 3.8) is 0 Å². The van der Waals surface area contributed by atoms with E-state index in [9.17, 15) is 24.0 Å². The van der Waals surface area contributed by atoms with Gasteiger partial charge in [-0.2, -0.15) is 0 Å². The van der Waals surface area contributed by atoms with Gasteiger partial charge in [0, 0.05) is 45.9 Å². The lowest BCUT2D eigenvalue weighted by Gasteiger charge is -2.45. The highest BCUT2D eigenvalue weighted by atomic mass is 16.7. The molecule has 1 aromatic carbocycles. The fraction of sp³-hybridized carbons (Fsp3) is 0.581. The molecule has 0 bridgehead atoms. The van der Waals surface area contributed by atoms with Crippen LogP contribution in [-0.4, -0.2) is 101 Å². The molecule has 1 fully saturated rings. The molecule has 5 unspecified atom stereocenters. The molecule has 1 saturated heterocycles. The number of unbranched alkanes of at least 4 members (excludes halogenated alkanes) is 3. The predicted molar refractivity (Wildman–Crippen MR) is 164 cm³/mol. The van der Waals surface area contributed by atoms with Crippen LogP contribution in [0.25, 0.3) is 11.3 Å². The number of nitrogens with one attached hydrogen (secondary N) is 2. The Morgan fingerprint density at radius 1 is 0.979 bits per heavy atom. The summed E-state index contributed by atoms with van der Waals surface area (Å²) in [5.74, 6) is -2.41. The number of rotatable bonds is 18. The average molecular weight is 662 g/mol. The number of benzene rings is 1. The van der Waals surface area contributed by atoms with Crippen LogP contribution < -0.4 is 15.4 Å². The summed E-state index contributed by atoms with van der Waals surface area (Å²) in [5, 5.41) is 22.5. The lowest BCUT2D eigenvalue weighted by Crippen LogP contribution is -2.66. The van der Waals surface area contributed by atoms with Crippen molar-refractivity contribution in [2.45, 2.75) is 96.5 Å². The van der Waals surface area contributed by atoms with Crippen LogP contribution in [0.5, 0.6) is 5.75 Å². The van der Waals surface area contributed by atoms with E-state index in [4.69, 9.17) is 28.8 Å². The van der Waals surface area contributed by atoms with Gasteiger partial charge in [-0.15, -0.1) is 5.10 Å². The first kappa shape index (κ1) is 36.9. The van der Waals surface area contributed by atoms with Crippen molar-refractivity contribution in [1.29, 1.82) is 0 Å². The second-order valence-corrected chi connectivity index (χ2v) is 11.0. The monoisotopic (exact) mass is 661 g/mol. The quantitative estimate of drug-likeness (QED) is 0.154. The molecule has 3 rings (SSSR count). The van der Waals surface area contributed by atoms with Crippen molar-refractivity contribution in [2.75, 3.05) is 20.3 Å². The first-order valence-electron chi connectivity index (χ1n) is 15.4. The van der Waals surface area contributed by atoms with Crippen molar-refractivity contribution in [1.82, 2.24) is 25.6 Å². The fourth-order valence-electron chi connectivity index (χ4n) is 5.05. The molecule has 1 aromatic heterocycles. The standard InChI is InChI=1S/C31H43N5O11/c1-19(37)33-28-30(46-21(3)39)29(45-20(2)38)25(18-36-17-24(34-35-36)22-10-9-11-23(16-22)43-4)47-31(28)44-15-8-6-5-7-14-32-26(40)12-13-27(41)42/h9-11,16-17,25,28-31H,5-8,12-15,18H2,1-4H3,(H,32,40)(H,33,37)(H,41,42). The Morgan fingerprint density at radius 3 is 2.38 bits per heavy atom. The van der Waals surface area contributed by atoms with Crippen LogP contribution in [0, 0.1) is 0 Å². The number of methoxy groups -OCH3 is 1. The van der Waals surface area contributed by atoms with E-state index < -0.39 is 54.5 Å². The number of aromatic nitrogens is 3. The van der Waals surface area contributed by atoms with E-state index in [1.54, 1.807) is 19.4 Å². The van der Waals surface area contributed by atoms with Crippen molar-refractivity contribution < 1.29 is 52.8 Å². The van der Waals surface area contributed by atoms with Gasteiger partial charge in [-0.1, -0.05) is 30.2 Å². The molecule has 47 heavy (non-hydrogen) atoms. The number of hydrogen-bond acceptors (Lipinski definition) is 12. The van der Waals surface area contributed by atoms with Crippen LogP contribution in [0.2, 0.25) is 0 Å². The maximum Gasteiger partial charge on any atom is 0.303 e. The first-order valence-corrected chi connectivity index (χ1v) is 15.4. The Morgan fingerprint density at radius 2 is 1.70 bits per heavy atom. The van der Waals surface area contributed by atoms with Crippen LogP contribution >= 0.6 is 0 Å². The largest absolute Gasteiger partial charge is 0.497 e. The highest BCUT2D eigenvalue weighted by Crippen LogP contribution is 2.29. The number of aliphatic carboxylic acids is 1. The van der Waals surface area contributed by atoms with Crippen LogP contribution in [-0.2, 0) is 49.5 Å². The van der Waals surface area contributed by atoms with Gasteiger partial charge < -0.3 is 39.4 Å². The third kappa shape index (κ3) is 12.3. The summed E-state index contributed by atoms with van der Waals surface area (Å²) in [6, 6.07) is 6.30. The molecule has 0 spiro atoms. The molecule has 5 atom stereocenters. The molecule has 3 N–H and O–H groups in total. The van der Waals surface area contributed by atoms with Gasteiger partial charge in [0.2, 0.25) is 11.8 Å². The second kappa shape index (κ2) is 18.5. The van der Waals surface area contributed by atoms with Gasteiger partial charge in [0.25, 0.3) is 0 Å². The zero-order valence-electron chi connectivity index (χ0n) is 27.0. The summed E-state index contributed by atoms with van der Waals surface area (Å²) < 4.78 is 30.4. The summed E-state index contributed by atoms with van der Waals surface area (Å²) in [7, 11) is 1.56. The van der Waals surface area contributed by atoms with Crippen LogP contribution in [0.1, 0.15) is 59.3 Å². The molecular weight excluding hydrogens is 618 g/mol. The maximum atomic E-state index is 12.2. The van der Waals surface area contributed by atoms with E-state index in [1.807, 2.05) is 18.2 Å². The van der Waals surface area contributed by atoms with E-state index in [2.05, 4.69) is 20.9 Å². The molecule has 2 aromatic rings. The predicted octanol–water partition coefficient (Wildman–Crippen LogP) is 1.60. The maximum absolute atomic E-state index is 12.2. The number of nitrogens with zero attached hydrogens (tertiary/aromatic N) is 3. The Hall–Kier alpha value is -4.57.